The van der Waals surface area contributed by atoms with Gasteiger partial charge in [-0.05, 0) is 75.0 Å². The van der Waals surface area contributed by atoms with E-state index in [4.69, 9.17) is 9.47 Å². The van der Waals surface area contributed by atoms with Crippen LogP contribution in [-0.2, 0) is 28.7 Å². The molecular weight excluding hydrogens is 456 g/mol. The van der Waals surface area contributed by atoms with Gasteiger partial charge in [0.1, 0.15) is 37.6 Å². The van der Waals surface area contributed by atoms with Gasteiger partial charge in [0.25, 0.3) is 0 Å². The van der Waals surface area contributed by atoms with Gasteiger partial charge in [0.05, 0.1) is 0 Å². The zero-order valence-corrected chi connectivity index (χ0v) is 23.2. The summed E-state index contributed by atoms with van der Waals surface area (Å²) in [5.74, 6) is -0.793. The van der Waals surface area contributed by atoms with Crippen LogP contribution in [0.4, 0.5) is 0 Å². The van der Waals surface area contributed by atoms with Crippen molar-refractivity contribution in [2.45, 2.75) is 106 Å². The second kappa shape index (κ2) is 13.3. The molecule has 0 aliphatic heterocycles. The van der Waals surface area contributed by atoms with E-state index in [0.29, 0.717) is 24.7 Å². The summed E-state index contributed by atoms with van der Waals surface area (Å²) >= 11 is 0. The van der Waals surface area contributed by atoms with Gasteiger partial charge in [0.15, 0.2) is 0 Å². The molecule has 2 rings (SSSR count). The Morgan fingerprint density at radius 2 is 1.08 bits per heavy atom. The number of ether oxygens (including phenoxy) is 2. The third kappa shape index (κ3) is 9.33. The molecule has 36 heavy (non-hydrogen) atoms. The number of hydrogen-bond acceptors (Lipinski definition) is 6. The molecule has 2 aliphatic carbocycles. The lowest BCUT2D eigenvalue weighted by Gasteiger charge is -2.38. The first-order valence-electron chi connectivity index (χ1n) is 13.5. The number of carbonyl (C=O) groups excluding carboxylic acids is 4. The second-order valence-electron chi connectivity index (χ2n) is 12.0. The molecule has 0 fully saturated rings. The van der Waals surface area contributed by atoms with Crippen molar-refractivity contribution in [2.75, 3.05) is 13.2 Å². The predicted octanol–water partition coefficient (Wildman–Crippen LogP) is 6.32. The Kier molecular flexibility index (Phi) is 11.1. The molecule has 0 saturated heterocycles. The van der Waals surface area contributed by atoms with Crippen molar-refractivity contribution in [1.29, 1.82) is 0 Å². The first-order valence-corrected chi connectivity index (χ1v) is 13.5. The SMILES string of the molecule is CC1=CCCC(C)(C)C1CCC(=O)CC(=O)OCCOC(=O)CC(=O)CCC1C(C)=CCCC1(C)C. The molecule has 0 aromatic heterocycles. The Bertz CT molecular complexity index is 804. The summed E-state index contributed by atoms with van der Waals surface area (Å²) in [4.78, 5) is 48.5. The highest BCUT2D eigenvalue weighted by atomic mass is 16.6. The Morgan fingerprint density at radius 1 is 0.722 bits per heavy atom. The lowest BCUT2D eigenvalue weighted by atomic mass is 9.67. The van der Waals surface area contributed by atoms with Gasteiger partial charge in [-0.3, -0.25) is 19.2 Å². The molecule has 0 N–H and O–H groups in total. The van der Waals surface area contributed by atoms with E-state index in [-0.39, 0.29) is 48.5 Å². The molecule has 0 heterocycles. The molecular formula is C30H46O6. The van der Waals surface area contributed by atoms with E-state index in [1.807, 2.05) is 0 Å². The molecule has 2 unspecified atom stereocenters. The number of hydrogen-bond donors (Lipinski definition) is 0. The molecule has 0 saturated carbocycles. The number of carbonyl (C=O) groups is 4. The highest BCUT2D eigenvalue weighted by Gasteiger charge is 2.34. The third-order valence-corrected chi connectivity index (χ3v) is 8.21. The van der Waals surface area contributed by atoms with Crippen molar-refractivity contribution in [3.63, 3.8) is 0 Å². The number of esters is 2. The highest BCUT2D eigenvalue weighted by molar-refractivity contribution is 5.96. The van der Waals surface area contributed by atoms with Crippen LogP contribution in [0, 0.1) is 22.7 Å². The fourth-order valence-electron chi connectivity index (χ4n) is 5.97. The van der Waals surface area contributed by atoms with Gasteiger partial charge in [0.2, 0.25) is 0 Å². The maximum atomic E-state index is 12.3. The van der Waals surface area contributed by atoms with Crippen molar-refractivity contribution in [1.82, 2.24) is 0 Å². The van der Waals surface area contributed by atoms with Crippen LogP contribution in [0.5, 0.6) is 0 Å². The first kappa shape index (κ1) is 30.0. The summed E-state index contributed by atoms with van der Waals surface area (Å²) in [5.41, 5.74) is 2.97. The standard InChI is InChI=1S/C30H46O6/c1-21-9-7-15-29(3,4)25(21)13-11-23(31)19-27(33)35-17-18-36-28(34)20-24(32)12-14-26-22(2)10-8-16-30(26,5)6/h9-10,25-26H,7-8,11-20H2,1-6H3. The maximum Gasteiger partial charge on any atom is 0.313 e. The van der Waals surface area contributed by atoms with Gasteiger partial charge in [-0.2, -0.15) is 0 Å². The minimum Gasteiger partial charge on any atom is -0.462 e. The van der Waals surface area contributed by atoms with Crippen molar-refractivity contribution in [3.8, 4) is 0 Å². The quantitative estimate of drug-likeness (QED) is 0.127. The van der Waals surface area contributed by atoms with Gasteiger partial charge in [0, 0.05) is 12.8 Å². The summed E-state index contributed by atoms with van der Waals surface area (Å²) in [6.45, 7) is 12.9. The number of Topliss-reactive ketones (excluding diaryl/α,β-unsaturated/α-hetero) is 2. The summed E-state index contributed by atoms with van der Waals surface area (Å²) in [6, 6.07) is 0. The molecule has 0 aromatic carbocycles. The molecule has 2 aliphatic rings. The first-order chi connectivity index (χ1) is 16.8. The van der Waals surface area contributed by atoms with Crippen LogP contribution < -0.4 is 0 Å². The molecule has 0 aromatic rings. The Hall–Kier alpha value is -2.24. The van der Waals surface area contributed by atoms with E-state index in [2.05, 4.69) is 53.7 Å². The summed E-state index contributed by atoms with van der Waals surface area (Å²) in [7, 11) is 0. The second-order valence-corrected chi connectivity index (χ2v) is 12.0. The van der Waals surface area contributed by atoms with E-state index in [1.165, 1.54) is 11.1 Å². The normalized spacial score (nSPS) is 22.7. The van der Waals surface area contributed by atoms with E-state index in [9.17, 15) is 19.2 Å². The Balaban J connectivity index is 1.59. The summed E-state index contributed by atoms with van der Waals surface area (Å²) in [5, 5.41) is 0. The van der Waals surface area contributed by atoms with Crippen molar-refractivity contribution in [3.05, 3.63) is 23.3 Å². The van der Waals surface area contributed by atoms with Crippen LogP contribution in [0.3, 0.4) is 0 Å². The molecule has 202 valence electrons. The fourth-order valence-corrected chi connectivity index (χ4v) is 5.97. The molecule has 6 nitrogen and oxygen atoms in total. The van der Waals surface area contributed by atoms with Crippen molar-refractivity contribution < 1.29 is 28.7 Å². The number of ketones is 2. The third-order valence-electron chi connectivity index (χ3n) is 8.21. The zero-order valence-electron chi connectivity index (χ0n) is 23.2. The van der Waals surface area contributed by atoms with Crippen molar-refractivity contribution in [2.24, 2.45) is 22.7 Å². The van der Waals surface area contributed by atoms with Crippen LogP contribution in [0.2, 0.25) is 0 Å². The van der Waals surface area contributed by atoms with E-state index in [1.54, 1.807) is 0 Å². The van der Waals surface area contributed by atoms with E-state index in [0.717, 1.165) is 38.5 Å². The van der Waals surface area contributed by atoms with Gasteiger partial charge in [-0.1, -0.05) is 51.0 Å². The van der Waals surface area contributed by atoms with Crippen LogP contribution in [0.25, 0.3) is 0 Å². The fraction of sp³-hybridized carbons (Fsp3) is 0.733. The average molecular weight is 503 g/mol. The van der Waals surface area contributed by atoms with Crippen LogP contribution in [-0.4, -0.2) is 36.7 Å². The zero-order chi connectivity index (χ0) is 26.9. The number of allylic oxidation sites excluding steroid dienone is 4. The van der Waals surface area contributed by atoms with E-state index >= 15 is 0 Å². The molecule has 0 radical (unpaired) electrons. The van der Waals surface area contributed by atoms with Crippen LogP contribution in [0.15, 0.2) is 23.3 Å². The predicted molar refractivity (Wildman–Crippen MR) is 140 cm³/mol. The average Bonchev–Trinajstić information content (AvgIpc) is 2.75. The topological polar surface area (TPSA) is 86.7 Å². The molecule has 0 amide bonds. The molecule has 6 heteroatoms. The highest BCUT2D eigenvalue weighted by Crippen LogP contribution is 2.44. The lowest BCUT2D eigenvalue weighted by Crippen LogP contribution is -2.28. The molecule has 0 spiro atoms. The van der Waals surface area contributed by atoms with Gasteiger partial charge < -0.3 is 9.47 Å². The number of rotatable bonds is 13. The summed E-state index contributed by atoms with van der Waals surface area (Å²) in [6.07, 6.45) is 10.5. The van der Waals surface area contributed by atoms with Gasteiger partial charge in [-0.25, -0.2) is 0 Å². The largest absolute Gasteiger partial charge is 0.462 e. The molecule has 2 atom stereocenters. The van der Waals surface area contributed by atoms with Gasteiger partial charge >= 0.3 is 11.9 Å². The monoisotopic (exact) mass is 502 g/mol. The van der Waals surface area contributed by atoms with Gasteiger partial charge in [-0.15, -0.1) is 0 Å². The molecule has 0 bridgehead atoms. The Labute approximate surface area is 217 Å². The van der Waals surface area contributed by atoms with Crippen molar-refractivity contribution >= 4 is 23.5 Å². The van der Waals surface area contributed by atoms with Crippen LogP contribution in [0.1, 0.15) is 106 Å². The van der Waals surface area contributed by atoms with E-state index < -0.39 is 11.9 Å². The summed E-state index contributed by atoms with van der Waals surface area (Å²) < 4.78 is 10.1. The minimum atomic E-state index is -0.610. The maximum absolute atomic E-state index is 12.3. The minimum absolute atomic E-state index is 0.121. The smallest absolute Gasteiger partial charge is 0.313 e. The van der Waals surface area contributed by atoms with Crippen LogP contribution >= 0.6 is 0 Å². The lowest BCUT2D eigenvalue weighted by molar-refractivity contribution is -0.154. The Morgan fingerprint density at radius 3 is 1.42 bits per heavy atom.